The third-order valence-electron chi connectivity index (χ3n) is 4.76. The molecule has 3 aromatic rings. The minimum atomic E-state index is 0.230. The molecule has 1 aromatic heterocycles. The highest BCUT2D eigenvalue weighted by Crippen LogP contribution is 2.38. The molecular formula is C23H27N6. The van der Waals surface area contributed by atoms with E-state index in [0.29, 0.717) is 5.95 Å². The quantitative estimate of drug-likeness (QED) is 0.581. The van der Waals surface area contributed by atoms with Crippen LogP contribution in [0.1, 0.15) is 33.4 Å². The predicted octanol–water partition coefficient (Wildman–Crippen LogP) is 5.78. The summed E-state index contributed by atoms with van der Waals surface area (Å²) >= 11 is 0. The Morgan fingerprint density at radius 2 is 1.62 bits per heavy atom. The number of aromatic nitrogens is 2. The Bertz CT molecular complexity index is 993. The fraction of sp³-hybridized carbons (Fsp3) is 0.304. The zero-order valence-corrected chi connectivity index (χ0v) is 17.6. The topological polar surface area (TPSA) is 67.2 Å². The molecule has 0 amide bonds. The lowest BCUT2D eigenvalue weighted by atomic mass is 10.2. The van der Waals surface area contributed by atoms with Crippen LogP contribution < -0.4 is 20.9 Å². The number of anilines is 6. The molecule has 1 radical (unpaired) electrons. The molecule has 0 unspecified atom stereocenters. The van der Waals surface area contributed by atoms with Crippen LogP contribution in [-0.2, 0) is 0 Å². The van der Waals surface area contributed by atoms with Crippen molar-refractivity contribution in [2.24, 2.45) is 0 Å². The second-order valence-corrected chi connectivity index (χ2v) is 7.86. The fourth-order valence-electron chi connectivity index (χ4n) is 3.51. The molecule has 2 aliphatic heterocycles. The second kappa shape index (κ2) is 7.62. The maximum atomic E-state index is 4.85. The van der Waals surface area contributed by atoms with Crippen molar-refractivity contribution in [3.8, 4) is 0 Å². The average Bonchev–Trinajstić information content (AvgIpc) is 2.76. The summed E-state index contributed by atoms with van der Waals surface area (Å²) in [6, 6.07) is 17.0. The SMILES string of the molecule is Cc1nc2nc(c1Nc1ccc([N]C(C)C)cc1)N(C(C)C)c1ccc(cc1)N2. The van der Waals surface area contributed by atoms with Gasteiger partial charge in [0.1, 0.15) is 5.69 Å². The van der Waals surface area contributed by atoms with Crippen molar-refractivity contribution in [2.75, 3.05) is 15.5 Å². The molecule has 4 bridgehead atoms. The van der Waals surface area contributed by atoms with Gasteiger partial charge in [-0.15, -0.1) is 0 Å². The Balaban J connectivity index is 1.75. The molecule has 0 aliphatic carbocycles. The lowest BCUT2D eigenvalue weighted by molar-refractivity contribution is 0.698. The standard InChI is InChI=1S/C23H27N6/c1-14(2)24-17-6-8-18(9-7-17)26-21-16(5)25-23-27-19-10-12-20(13-11-19)29(15(3)4)22(21)28-23/h6-15,26H,1-5H3,(H,25,27,28). The first-order chi connectivity index (χ1) is 13.9. The van der Waals surface area contributed by atoms with Crippen LogP contribution in [0.25, 0.3) is 0 Å². The molecule has 0 fully saturated rings. The van der Waals surface area contributed by atoms with Crippen LogP contribution in [0.4, 0.5) is 40.2 Å². The highest BCUT2D eigenvalue weighted by Gasteiger charge is 2.23. The van der Waals surface area contributed by atoms with E-state index >= 15 is 0 Å². The van der Waals surface area contributed by atoms with Crippen molar-refractivity contribution < 1.29 is 0 Å². The van der Waals surface area contributed by atoms with Gasteiger partial charge in [0.05, 0.1) is 11.4 Å². The summed E-state index contributed by atoms with van der Waals surface area (Å²) in [5.41, 5.74) is 5.84. The summed E-state index contributed by atoms with van der Waals surface area (Å²) in [5.74, 6) is 1.46. The third kappa shape index (κ3) is 3.97. The molecule has 0 atom stereocenters. The number of hydrogen-bond acceptors (Lipinski definition) is 5. The fourth-order valence-corrected chi connectivity index (χ4v) is 3.51. The van der Waals surface area contributed by atoms with Gasteiger partial charge in [-0.05, 0) is 83.1 Å². The van der Waals surface area contributed by atoms with E-state index in [1.807, 2.05) is 31.2 Å². The predicted molar refractivity (Wildman–Crippen MR) is 120 cm³/mol. The monoisotopic (exact) mass is 387 g/mol. The van der Waals surface area contributed by atoms with Gasteiger partial charge < -0.3 is 15.5 Å². The molecule has 29 heavy (non-hydrogen) atoms. The first kappa shape index (κ1) is 19.1. The van der Waals surface area contributed by atoms with Crippen LogP contribution in [0.5, 0.6) is 0 Å². The van der Waals surface area contributed by atoms with Crippen LogP contribution in [0.15, 0.2) is 48.5 Å². The smallest absolute Gasteiger partial charge is 0.229 e. The largest absolute Gasteiger partial charge is 0.351 e. The zero-order valence-electron chi connectivity index (χ0n) is 17.6. The Morgan fingerprint density at radius 1 is 0.931 bits per heavy atom. The van der Waals surface area contributed by atoms with Gasteiger partial charge in [0.2, 0.25) is 5.95 Å². The number of nitrogens with zero attached hydrogens (tertiary/aromatic N) is 4. The number of hydrogen-bond donors (Lipinski definition) is 2. The number of benzene rings is 2. The van der Waals surface area contributed by atoms with E-state index in [1.165, 1.54) is 0 Å². The molecule has 0 spiro atoms. The molecule has 2 aromatic carbocycles. The minimum absolute atomic E-state index is 0.230. The molecule has 0 saturated carbocycles. The summed E-state index contributed by atoms with van der Waals surface area (Å²) in [6.45, 7) is 10.5. The van der Waals surface area contributed by atoms with Gasteiger partial charge in [0.25, 0.3) is 0 Å². The van der Waals surface area contributed by atoms with E-state index in [4.69, 9.17) is 4.98 Å². The maximum absolute atomic E-state index is 4.85. The summed E-state index contributed by atoms with van der Waals surface area (Å²) in [5, 5.41) is 11.4. The molecule has 2 N–H and O–H groups in total. The third-order valence-corrected chi connectivity index (χ3v) is 4.76. The van der Waals surface area contributed by atoms with Crippen LogP contribution in [-0.4, -0.2) is 22.1 Å². The van der Waals surface area contributed by atoms with Crippen molar-refractivity contribution in [2.45, 2.75) is 46.7 Å². The summed E-state index contributed by atoms with van der Waals surface area (Å²) in [6.07, 6.45) is 0. The molecule has 0 saturated heterocycles. The highest BCUT2D eigenvalue weighted by molar-refractivity contribution is 5.81. The van der Waals surface area contributed by atoms with E-state index in [-0.39, 0.29) is 12.1 Å². The maximum Gasteiger partial charge on any atom is 0.229 e. The van der Waals surface area contributed by atoms with Crippen molar-refractivity contribution in [1.29, 1.82) is 0 Å². The first-order valence-corrected chi connectivity index (χ1v) is 10.0. The number of aryl methyl sites for hydroxylation is 1. The van der Waals surface area contributed by atoms with Crippen LogP contribution in [0.2, 0.25) is 0 Å². The molecule has 6 heteroatoms. The van der Waals surface area contributed by atoms with E-state index in [2.05, 4.69) is 77.8 Å². The van der Waals surface area contributed by atoms with Gasteiger partial charge in [0.15, 0.2) is 5.82 Å². The number of nitrogens with one attached hydrogen (secondary N) is 2. The van der Waals surface area contributed by atoms with E-state index in [0.717, 1.165) is 39.9 Å². The molecule has 6 nitrogen and oxygen atoms in total. The zero-order chi connectivity index (χ0) is 20.5. The normalized spacial score (nSPS) is 12.4. The lowest BCUT2D eigenvalue weighted by Gasteiger charge is -2.30. The average molecular weight is 388 g/mol. The molecule has 149 valence electrons. The van der Waals surface area contributed by atoms with Crippen molar-refractivity contribution in [3.63, 3.8) is 0 Å². The van der Waals surface area contributed by atoms with Gasteiger partial charge in [-0.3, -0.25) is 5.32 Å². The van der Waals surface area contributed by atoms with E-state index in [9.17, 15) is 0 Å². The van der Waals surface area contributed by atoms with Crippen molar-refractivity contribution in [3.05, 3.63) is 54.2 Å². The second-order valence-electron chi connectivity index (χ2n) is 7.86. The van der Waals surface area contributed by atoms with E-state index < -0.39 is 0 Å². The minimum Gasteiger partial charge on any atom is -0.351 e. The number of fused-ring (bicyclic) bond motifs is 2. The Labute approximate surface area is 172 Å². The Hall–Kier alpha value is -3.28. The Kier molecular flexibility index (Phi) is 5.01. The van der Waals surface area contributed by atoms with Gasteiger partial charge in [0, 0.05) is 29.1 Å². The van der Waals surface area contributed by atoms with Crippen molar-refractivity contribution in [1.82, 2.24) is 15.3 Å². The van der Waals surface area contributed by atoms with E-state index in [1.54, 1.807) is 0 Å². The summed E-state index contributed by atoms with van der Waals surface area (Å²) in [4.78, 5) is 11.8. The first-order valence-electron chi connectivity index (χ1n) is 10.0. The number of rotatable bonds is 5. The lowest BCUT2D eigenvalue weighted by Crippen LogP contribution is -2.27. The molecule has 5 rings (SSSR count). The van der Waals surface area contributed by atoms with Gasteiger partial charge in [-0.2, -0.15) is 4.98 Å². The van der Waals surface area contributed by atoms with Gasteiger partial charge >= 0.3 is 0 Å². The Morgan fingerprint density at radius 3 is 2.24 bits per heavy atom. The summed E-state index contributed by atoms with van der Waals surface area (Å²) < 4.78 is 0. The van der Waals surface area contributed by atoms with Crippen LogP contribution in [0, 0.1) is 6.92 Å². The molecule has 2 aliphatic rings. The van der Waals surface area contributed by atoms with Crippen molar-refractivity contribution >= 4 is 40.2 Å². The molecule has 3 heterocycles. The van der Waals surface area contributed by atoms with Crippen LogP contribution >= 0.6 is 0 Å². The van der Waals surface area contributed by atoms with Gasteiger partial charge in [-0.25, -0.2) is 4.98 Å². The van der Waals surface area contributed by atoms with Crippen LogP contribution in [0.3, 0.4) is 0 Å². The van der Waals surface area contributed by atoms with Gasteiger partial charge in [-0.1, -0.05) is 0 Å². The molecular weight excluding hydrogens is 360 g/mol. The highest BCUT2D eigenvalue weighted by atomic mass is 15.3. The summed E-state index contributed by atoms with van der Waals surface area (Å²) in [7, 11) is 0.